The van der Waals surface area contributed by atoms with Crippen LogP contribution in [0.1, 0.15) is 33.1 Å². The Hall–Kier alpha value is -2.32. The van der Waals surface area contributed by atoms with Crippen LogP contribution in [-0.2, 0) is 9.59 Å². The molecule has 2 aliphatic rings. The van der Waals surface area contributed by atoms with Crippen LogP contribution >= 0.6 is 0 Å². The SMILES string of the molecule is CCN(CC)C(=O)N1C(=O)[C@H](CC2CCCN(C(=N)N)C2)C1C(=O)O. The lowest BCUT2D eigenvalue weighted by Gasteiger charge is -2.46. The fourth-order valence-corrected chi connectivity index (χ4v) is 3.76. The number of nitrogens with one attached hydrogen (secondary N) is 1. The molecule has 2 heterocycles. The summed E-state index contributed by atoms with van der Waals surface area (Å²) in [6.45, 7) is 5.68. The first-order chi connectivity index (χ1) is 11.8. The highest BCUT2D eigenvalue weighted by atomic mass is 16.4. The number of carboxylic acids is 1. The molecule has 9 heteroatoms. The number of hydrogen-bond acceptors (Lipinski definition) is 4. The van der Waals surface area contributed by atoms with Gasteiger partial charge in [-0.1, -0.05) is 0 Å². The van der Waals surface area contributed by atoms with Crippen molar-refractivity contribution in [2.45, 2.75) is 39.2 Å². The number of imide groups is 1. The molecule has 25 heavy (non-hydrogen) atoms. The molecule has 0 saturated carbocycles. The molecule has 4 N–H and O–H groups in total. The van der Waals surface area contributed by atoms with Gasteiger partial charge in [-0.2, -0.15) is 0 Å². The minimum atomic E-state index is -1.15. The van der Waals surface area contributed by atoms with Crippen LogP contribution in [0.25, 0.3) is 0 Å². The number of carboxylic acid groups (broad SMARTS) is 1. The maximum absolute atomic E-state index is 12.5. The summed E-state index contributed by atoms with van der Waals surface area (Å²) in [5.74, 6) is -2.15. The molecule has 140 valence electrons. The van der Waals surface area contributed by atoms with Gasteiger partial charge < -0.3 is 20.6 Å². The first kappa shape index (κ1) is 19.0. The van der Waals surface area contributed by atoms with Crippen molar-refractivity contribution in [2.24, 2.45) is 17.6 Å². The molecule has 0 radical (unpaired) electrons. The van der Waals surface area contributed by atoms with E-state index in [1.807, 2.05) is 0 Å². The summed E-state index contributed by atoms with van der Waals surface area (Å²) in [6, 6.07) is -1.64. The van der Waals surface area contributed by atoms with Gasteiger partial charge in [0.15, 0.2) is 12.0 Å². The van der Waals surface area contributed by atoms with E-state index in [0.717, 1.165) is 17.7 Å². The second kappa shape index (κ2) is 7.71. The highest BCUT2D eigenvalue weighted by molar-refractivity contribution is 6.07. The van der Waals surface area contributed by atoms with Crippen molar-refractivity contribution in [3.63, 3.8) is 0 Å². The third-order valence-electron chi connectivity index (χ3n) is 5.15. The number of nitrogens with zero attached hydrogens (tertiary/aromatic N) is 3. The lowest BCUT2D eigenvalue weighted by Crippen LogP contribution is -2.68. The van der Waals surface area contributed by atoms with Crippen LogP contribution in [0.15, 0.2) is 0 Å². The van der Waals surface area contributed by atoms with Crippen LogP contribution in [0, 0.1) is 17.2 Å². The lowest BCUT2D eigenvalue weighted by molar-refractivity contribution is -0.167. The summed E-state index contributed by atoms with van der Waals surface area (Å²) in [5.41, 5.74) is 5.52. The molecule has 0 spiro atoms. The second-order valence-corrected chi connectivity index (χ2v) is 6.63. The summed E-state index contributed by atoms with van der Waals surface area (Å²) in [7, 11) is 0. The molecule has 0 aliphatic carbocycles. The van der Waals surface area contributed by atoms with E-state index in [1.54, 1.807) is 18.7 Å². The van der Waals surface area contributed by atoms with Crippen LogP contribution < -0.4 is 5.73 Å². The highest BCUT2D eigenvalue weighted by Gasteiger charge is 2.55. The van der Waals surface area contributed by atoms with Crippen LogP contribution in [-0.4, -0.2) is 75.9 Å². The largest absolute Gasteiger partial charge is 0.480 e. The number of guanidine groups is 1. The molecule has 3 amide bonds. The first-order valence-electron chi connectivity index (χ1n) is 8.75. The Morgan fingerprint density at radius 1 is 1.36 bits per heavy atom. The number of rotatable bonds is 5. The quantitative estimate of drug-likeness (QED) is 0.371. The summed E-state index contributed by atoms with van der Waals surface area (Å²) < 4.78 is 0. The number of amides is 3. The van der Waals surface area contributed by atoms with Gasteiger partial charge in [-0.3, -0.25) is 10.2 Å². The Labute approximate surface area is 147 Å². The third kappa shape index (κ3) is 3.69. The molecule has 2 rings (SSSR count). The molecule has 9 nitrogen and oxygen atoms in total. The first-order valence-corrected chi connectivity index (χ1v) is 8.75. The van der Waals surface area contributed by atoms with Crippen molar-refractivity contribution in [1.29, 1.82) is 5.41 Å². The third-order valence-corrected chi connectivity index (χ3v) is 5.15. The standard InChI is InChI=1S/C16H27N5O4/c1-3-19(4-2)16(25)21-12(14(23)24)11(13(21)22)8-10-6-5-7-20(9-10)15(17)18/h10-12H,3-9H2,1-2H3,(H3,17,18)(H,23,24)/t10?,11-,12?/m1/s1. The van der Waals surface area contributed by atoms with Gasteiger partial charge in [-0.25, -0.2) is 14.5 Å². The monoisotopic (exact) mass is 353 g/mol. The Morgan fingerprint density at radius 3 is 2.52 bits per heavy atom. The van der Waals surface area contributed by atoms with E-state index in [2.05, 4.69) is 0 Å². The predicted molar refractivity (Wildman–Crippen MR) is 90.9 cm³/mol. The molecule has 3 atom stereocenters. The van der Waals surface area contributed by atoms with Gasteiger partial charge in [0.05, 0.1) is 5.92 Å². The van der Waals surface area contributed by atoms with Crippen molar-refractivity contribution in [3.05, 3.63) is 0 Å². The fraction of sp³-hybridized carbons (Fsp3) is 0.750. The second-order valence-electron chi connectivity index (χ2n) is 6.63. The van der Waals surface area contributed by atoms with Crippen LogP contribution in [0.4, 0.5) is 4.79 Å². The molecule has 0 aromatic carbocycles. The minimum absolute atomic E-state index is 0.00208. The molecule has 2 fully saturated rings. The average Bonchev–Trinajstić information content (AvgIpc) is 2.57. The Bertz CT molecular complexity index is 563. The van der Waals surface area contributed by atoms with Crippen molar-refractivity contribution in [2.75, 3.05) is 26.2 Å². The summed E-state index contributed by atoms with van der Waals surface area (Å²) in [4.78, 5) is 40.6. The van der Waals surface area contributed by atoms with Gasteiger partial charge in [0, 0.05) is 26.2 Å². The number of urea groups is 1. The number of hydrogen-bond donors (Lipinski definition) is 3. The number of β-lactam (4-membered cyclic amide) rings is 1. The predicted octanol–water partition coefficient (Wildman–Crippen LogP) is 0.355. The smallest absolute Gasteiger partial charge is 0.327 e. The van der Waals surface area contributed by atoms with E-state index >= 15 is 0 Å². The molecule has 0 aromatic heterocycles. The van der Waals surface area contributed by atoms with Gasteiger partial charge >= 0.3 is 12.0 Å². The van der Waals surface area contributed by atoms with E-state index in [0.29, 0.717) is 32.6 Å². The van der Waals surface area contributed by atoms with E-state index in [4.69, 9.17) is 11.1 Å². The molecule has 0 aromatic rings. The number of carbonyl (C=O) groups is 3. The van der Waals surface area contributed by atoms with Gasteiger partial charge in [0.25, 0.3) is 0 Å². The van der Waals surface area contributed by atoms with Gasteiger partial charge in [-0.15, -0.1) is 0 Å². The summed E-state index contributed by atoms with van der Waals surface area (Å²) >= 11 is 0. The van der Waals surface area contributed by atoms with Gasteiger partial charge in [-0.05, 0) is 39.0 Å². The Kier molecular flexibility index (Phi) is 5.86. The van der Waals surface area contributed by atoms with Crippen molar-refractivity contribution >= 4 is 23.9 Å². The maximum Gasteiger partial charge on any atom is 0.327 e. The lowest BCUT2D eigenvalue weighted by atomic mass is 9.78. The molecule has 2 unspecified atom stereocenters. The number of piperidine rings is 1. The number of nitrogens with two attached hydrogens (primary N) is 1. The van der Waals surface area contributed by atoms with E-state index in [1.165, 1.54) is 4.90 Å². The molecule has 2 aliphatic heterocycles. The maximum atomic E-state index is 12.5. The number of carbonyl (C=O) groups excluding carboxylic acids is 2. The zero-order chi connectivity index (χ0) is 18.7. The van der Waals surface area contributed by atoms with Crippen LogP contribution in [0.2, 0.25) is 0 Å². The Balaban J connectivity index is 2.06. The van der Waals surface area contributed by atoms with Crippen LogP contribution in [0.5, 0.6) is 0 Å². The summed E-state index contributed by atoms with van der Waals surface area (Å²) in [5, 5.41) is 17.0. The van der Waals surface area contributed by atoms with Crippen molar-refractivity contribution < 1.29 is 19.5 Å². The summed E-state index contributed by atoms with van der Waals surface area (Å²) in [6.07, 6.45) is 2.12. The molecule has 0 bridgehead atoms. The highest BCUT2D eigenvalue weighted by Crippen LogP contribution is 2.35. The number of likely N-dealkylation sites (tertiary alicyclic amines) is 2. The topological polar surface area (TPSA) is 131 Å². The van der Waals surface area contributed by atoms with Crippen LogP contribution in [0.3, 0.4) is 0 Å². The molecule has 2 saturated heterocycles. The van der Waals surface area contributed by atoms with Crippen molar-refractivity contribution in [1.82, 2.24) is 14.7 Å². The normalized spacial score (nSPS) is 26.2. The van der Waals surface area contributed by atoms with E-state index in [9.17, 15) is 19.5 Å². The minimum Gasteiger partial charge on any atom is -0.480 e. The van der Waals surface area contributed by atoms with Gasteiger partial charge in [0.1, 0.15) is 0 Å². The Morgan fingerprint density at radius 2 is 2.00 bits per heavy atom. The molecular weight excluding hydrogens is 326 g/mol. The average molecular weight is 353 g/mol. The van der Waals surface area contributed by atoms with Crippen molar-refractivity contribution in [3.8, 4) is 0 Å². The molecular formula is C16H27N5O4. The van der Waals surface area contributed by atoms with E-state index < -0.39 is 29.9 Å². The zero-order valence-electron chi connectivity index (χ0n) is 14.8. The zero-order valence-corrected chi connectivity index (χ0v) is 14.8. The van der Waals surface area contributed by atoms with Gasteiger partial charge in [0.2, 0.25) is 5.91 Å². The van der Waals surface area contributed by atoms with E-state index in [-0.39, 0.29) is 11.9 Å². The number of aliphatic carboxylic acids is 1. The fourth-order valence-electron chi connectivity index (χ4n) is 3.76.